The van der Waals surface area contributed by atoms with Gasteiger partial charge in [-0.3, -0.25) is 0 Å². The summed E-state index contributed by atoms with van der Waals surface area (Å²) in [6.45, 7) is 4.25. The molecule has 0 bridgehead atoms. The summed E-state index contributed by atoms with van der Waals surface area (Å²) >= 11 is 0. The standard InChI is InChI=1S/C14H26O3/c1-2-16-9-6-13(15)12-5-10-17-14(11-12)7-3-4-8-14/h12-13,15H,2-11H2,1H3. The lowest BCUT2D eigenvalue weighted by atomic mass is 9.81. The molecule has 17 heavy (non-hydrogen) atoms. The fourth-order valence-corrected chi connectivity index (χ4v) is 3.35. The lowest BCUT2D eigenvalue weighted by Crippen LogP contribution is -2.41. The molecule has 1 N–H and O–H groups in total. The zero-order chi connectivity index (χ0) is 12.1. The van der Waals surface area contributed by atoms with Crippen molar-refractivity contribution in [2.45, 2.75) is 63.6 Å². The third-order valence-electron chi connectivity index (χ3n) is 4.35. The molecule has 100 valence electrons. The lowest BCUT2D eigenvalue weighted by molar-refractivity contribution is -0.115. The topological polar surface area (TPSA) is 38.7 Å². The lowest BCUT2D eigenvalue weighted by Gasteiger charge is -2.40. The van der Waals surface area contributed by atoms with Crippen LogP contribution in [-0.4, -0.2) is 36.6 Å². The van der Waals surface area contributed by atoms with Crippen LogP contribution >= 0.6 is 0 Å². The van der Waals surface area contributed by atoms with Crippen molar-refractivity contribution in [3.05, 3.63) is 0 Å². The van der Waals surface area contributed by atoms with Crippen molar-refractivity contribution in [2.75, 3.05) is 19.8 Å². The van der Waals surface area contributed by atoms with Crippen LogP contribution < -0.4 is 0 Å². The van der Waals surface area contributed by atoms with Crippen LogP contribution in [0.25, 0.3) is 0 Å². The summed E-state index contributed by atoms with van der Waals surface area (Å²) in [7, 11) is 0. The minimum atomic E-state index is -0.206. The zero-order valence-electron chi connectivity index (χ0n) is 11.0. The van der Waals surface area contributed by atoms with Gasteiger partial charge < -0.3 is 14.6 Å². The van der Waals surface area contributed by atoms with E-state index in [1.165, 1.54) is 25.7 Å². The summed E-state index contributed by atoms with van der Waals surface area (Å²) in [5.74, 6) is 0.419. The van der Waals surface area contributed by atoms with E-state index >= 15 is 0 Å². The first kappa shape index (κ1) is 13.3. The minimum absolute atomic E-state index is 0.121. The Morgan fingerprint density at radius 3 is 2.88 bits per heavy atom. The second kappa shape index (κ2) is 6.17. The van der Waals surface area contributed by atoms with Gasteiger partial charge in [-0.25, -0.2) is 0 Å². The molecule has 3 nitrogen and oxygen atoms in total. The number of rotatable bonds is 5. The third-order valence-corrected chi connectivity index (χ3v) is 4.35. The van der Waals surface area contributed by atoms with Crippen molar-refractivity contribution in [2.24, 2.45) is 5.92 Å². The van der Waals surface area contributed by atoms with Crippen LogP contribution in [0.15, 0.2) is 0 Å². The van der Waals surface area contributed by atoms with E-state index in [1.807, 2.05) is 6.92 Å². The Balaban J connectivity index is 1.79. The van der Waals surface area contributed by atoms with Gasteiger partial charge in [0.1, 0.15) is 0 Å². The second-order valence-electron chi connectivity index (χ2n) is 5.54. The first-order chi connectivity index (χ1) is 8.26. The van der Waals surface area contributed by atoms with Gasteiger partial charge in [0.15, 0.2) is 0 Å². The van der Waals surface area contributed by atoms with E-state index in [4.69, 9.17) is 9.47 Å². The quantitative estimate of drug-likeness (QED) is 0.753. The van der Waals surface area contributed by atoms with Crippen molar-refractivity contribution >= 4 is 0 Å². The molecule has 1 aliphatic heterocycles. The monoisotopic (exact) mass is 242 g/mol. The number of ether oxygens (including phenoxy) is 2. The number of hydrogen-bond donors (Lipinski definition) is 1. The molecule has 2 rings (SSSR count). The molecule has 0 amide bonds. The summed E-state index contributed by atoms with van der Waals surface area (Å²) < 4.78 is 11.3. The highest BCUT2D eigenvalue weighted by molar-refractivity contribution is 4.92. The minimum Gasteiger partial charge on any atom is -0.393 e. The van der Waals surface area contributed by atoms with Gasteiger partial charge >= 0.3 is 0 Å². The number of aliphatic hydroxyl groups excluding tert-OH is 1. The van der Waals surface area contributed by atoms with Gasteiger partial charge in [0, 0.05) is 19.8 Å². The predicted molar refractivity (Wildman–Crippen MR) is 67.0 cm³/mol. The van der Waals surface area contributed by atoms with Gasteiger partial charge in [-0.2, -0.15) is 0 Å². The molecular weight excluding hydrogens is 216 g/mol. The highest BCUT2D eigenvalue weighted by atomic mass is 16.5. The second-order valence-corrected chi connectivity index (χ2v) is 5.54. The van der Waals surface area contributed by atoms with Crippen LogP contribution in [0.2, 0.25) is 0 Å². The molecule has 0 aromatic heterocycles. The molecule has 2 atom stereocenters. The van der Waals surface area contributed by atoms with Gasteiger partial charge in [0.25, 0.3) is 0 Å². The summed E-state index contributed by atoms with van der Waals surface area (Å²) in [5, 5.41) is 10.2. The summed E-state index contributed by atoms with van der Waals surface area (Å²) in [4.78, 5) is 0. The normalized spacial score (nSPS) is 29.6. The Morgan fingerprint density at radius 1 is 1.41 bits per heavy atom. The molecule has 3 heteroatoms. The average molecular weight is 242 g/mol. The fourth-order valence-electron chi connectivity index (χ4n) is 3.35. The van der Waals surface area contributed by atoms with Crippen LogP contribution in [0.5, 0.6) is 0 Å². The molecule has 2 unspecified atom stereocenters. The molecular formula is C14H26O3. The van der Waals surface area contributed by atoms with Gasteiger partial charge in [-0.05, 0) is 44.9 Å². The van der Waals surface area contributed by atoms with Gasteiger partial charge in [0.05, 0.1) is 11.7 Å². The van der Waals surface area contributed by atoms with E-state index in [2.05, 4.69) is 0 Å². The van der Waals surface area contributed by atoms with E-state index in [-0.39, 0.29) is 11.7 Å². The summed E-state index contributed by atoms with van der Waals surface area (Å²) in [6.07, 6.45) is 7.61. The van der Waals surface area contributed by atoms with E-state index in [0.29, 0.717) is 12.5 Å². The van der Waals surface area contributed by atoms with E-state index in [1.54, 1.807) is 0 Å². The van der Waals surface area contributed by atoms with Crippen molar-refractivity contribution in [3.8, 4) is 0 Å². The Hall–Kier alpha value is -0.120. The molecule has 1 saturated carbocycles. The van der Waals surface area contributed by atoms with Crippen LogP contribution in [0.1, 0.15) is 51.9 Å². The molecule has 1 heterocycles. The molecule has 1 aliphatic carbocycles. The van der Waals surface area contributed by atoms with Crippen LogP contribution in [0.4, 0.5) is 0 Å². The fraction of sp³-hybridized carbons (Fsp3) is 1.00. The van der Waals surface area contributed by atoms with E-state index < -0.39 is 0 Å². The maximum absolute atomic E-state index is 10.2. The maximum atomic E-state index is 10.2. The van der Waals surface area contributed by atoms with Crippen LogP contribution in [0.3, 0.4) is 0 Å². The predicted octanol–water partition coefficient (Wildman–Crippen LogP) is 2.51. The first-order valence-corrected chi connectivity index (χ1v) is 7.15. The van der Waals surface area contributed by atoms with Crippen molar-refractivity contribution < 1.29 is 14.6 Å². The Bertz CT molecular complexity index is 224. The van der Waals surface area contributed by atoms with Crippen molar-refractivity contribution in [1.29, 1.82) is 0 Å². The maximum Gasteiger partial charge on any atom is 0.0686 e. The molecule has 2 fully saturated rings. The van der Waals surface area contributed by atoms with Gasteiger partial charge in [0.2, 0.25) is 0 Å². The molecule has 0 aromatic carbocycles. The Morgan fingerprint density at radius 2 is 2.18 bits per heavy atom. The van der Waals surface area contributed by atoms with Crippen molar-refractivity contribution in [1.82, 2.24) is 0 Å². The smallest absolute Gasteiger partial charge is 0.0686 e. The van der Waals surface area contributed by atoms with Crippen molar-refractivity contribution in [3.63, 3.8) is 0 Å². The van der Waals surface area contributed by atoms with Crippen LogP contribution in [0, 0.1) is 5.92 Å². The zero-order valence-corrected chi connectivity index (χ0v) is 11.0. The molecule has 1 spiro atoms. The van der Waals surface area contributed by atoms with E-state index in [9.17, 15) is 5.11 Å². The summed E-state index contributed by atoms with van der Waals surface area (Å²) in [5.41, 5.74) is 0.121. The third kappa shape index (κ3) is 3.43. The van der Waals surface area contributed by atoms with Crippen LogP contribution in [-0.2, 0) is 9.47 Å². The van der Waals surface area contributed by atoms with Gasteiger partial charge in [-0.15, -0.1) is 0 Å². The highest BCUT2D eigenvalue weighted by Crippen LogP contribution is 2.43. The molecule has 1 saturated heterocycles. The summed E-state index contributed by atoms with van der Waals surface area (Å²) in [6, 6.07) is 0. The number of aliphatic hydroxyl groups is 1. The first-order valence-electron chi connectivity index (χ1n) is 7.15. The molecule has 0 radical (unpaired) electrons. The largest absolute Gasteiger partial charge is 0.393 e. The SMILES string of the molecule is CCOCCC(O)C1CCOC2(CCCC2)C1. The Labute approximate surface area is 104 Å². The highest BCUT2D eigenvalue weighted by Gasteiger charge is 2.41. The van der Waals surface area contributed by atoms with Gasteiger partial charge in [-0.1, -0.05) is 12.8 Å². The Kier molecular flexibility index (Phi) is 4.83. The number of hydrogen-bond acceptors (Lipinski definition) is 3. The average Bonchev–Trinajstić information content (AvgIpc) is 2.77. The molecule has 0 aromatic rings. The molecule has 2 aliphatic rings. The van der Waals surface area contributed by atoms with E-state index in [0.717, 1.165) is 32.5 Å².